The second-order valence-electron chi connectivity index (χ2n) is 7.20. The van der Waals surface area contributed by atoms with Crippen LogP contribution in [-0.2, 0) is 17.6 Å². The van der Waals surface area contributed by atoms with Gasteiger partial charge in [0.1, 0.15) is 11.3 Å². The van der Waals surface area contributed by atoms with E-state index in [2.05, 4.69) is 5.32 Å². The van der Waals surface area contributed by atoms with Gasteiger partial charge in [-0.15, -0.1) is 0 Å². The van der Waals surface area contributed by atoms with Gasteiger partial charge in [-0.25, -0.2) is 4.79 Å². The highest BCUT2D eigenvalue weighted by molar-refractivity contribution is 5.83. The van der Waals surface area contributed by atoms with Gasteiger partial charge in [-0.3, -0.25) is 4.79 Å². The summed E-state index contributed by atoms with van der Waals surface area (Å²) in [5, 5.41) is 3.79. The Labute approximate surface area is 180 Å². The SMILES string of the molecule is COc1cc2oc(=O)cc(C)c2cc1CCC(=O)NCCc1ccc(OC)c(OC)c1. The van der Waals surface area contributed by atoms with E-state index in [0.717, 1.165) is 22.1 Å². The molecule has 0 aliphatic rings. The van der Waals surface area contributed by atoms with E-state index in [1.54, 1.807) is 27.4 Å². The van der Waals surface area contributed by atoms with E-state index in [1.807, 2.05) is 31.2 Å². The summed E-state index contributed by atoms with van der Waals surface area (Å²) in [7, 11) is 4.75. The van der Waals surface area contributed by atoms with Crippen molar-refractivity contribution in [2.75, 3.05) is 27.9 Å². The highest BCUT2D eigenvalue weighted by atomic mass is 16.5. The number of fused-ring (bicyclic) bond motifs is 1. The fourth-order valence-corrected chi connectivity index (χ4v) is 3.50. The van der Waals surface area contributed by atoms with Gasteiger partial charge in [0.05, 0.1) is 21.3 Å². The van der Waals surface area contributed by atoms with Crippen LogP contribution in [0.3, 0.4) is 0 Å². The van der Waals surface area contributed by atoms with Gasteiger partial charge >= 0.3 is 5.63 Å². The lowest BCUT2D eigenvalue weighted by molar-refractivity contribution is -0.121. The third-order valence-electron chi connectivity index (χ3n) is 5.16. The van der Waals surface area contributed by atoms with Crippen LogP contribution in [0, 0.1) is 6.92 Å². The van der Waals surface area contributed by atoms with Gasteiger partial charge in [-0.1, -0.05) is 6.07 Å². The molecule has 0 atom stereocenters. The van der Waals surface area contributed by atoms with Crippen LogP contribution in [0.15, 0.2) is 45.6 Å². The standard InChI is InChI=1S/C24H27NO6/c1-15-11-24(27)31-21-14-20(29-3)17(13-18(15)21)6-8-23(26)25-10-9-16-5-7-19(28-2)22(12-16)30-4/h5,7,11-14H,6,8-10H2,1-4H3,(H,25,26). The first kappa shape index (κ1) is 22.2. The molecular weight excluding hydrogens is 398 g/mol. The van der Waals surface area contributed by atoms with Crippen molar-refractivity contribution in [2.45, 2.75) is 26.2 Å². The zero-order valence-corrected chi connectivity index (χ0v) is 18.2. The molecule has 1 heterocycles. The normalized spacial score (nSPS) is 10.7. The Bertz CT molecular complexity index is 1130. The van der Waals surface area contributed by atoms with Crippen molar-refractivity contribution in [1.29, 1.82) is 0 Å². The second-order valence-corrected chi connectivity index (χ2v) is 7.20. The van der Waals surface area contributed by atoms with Gasteiger partial charge in [-0.2, -0.15) is 0 Å². The minimum atomic E-state index is -0.395. The molecule has 0 saturated carbocycles. The molecule has 164 valence electrons. The van der Waals surface area contributed by atoms with Gasteiger partial charge in [0, 0.05) is 30.5 Å². The van der Waals surface area contributed by atoms with Gasteiger partial charge in [0.25, 0.3) is 0 Å². The van der Waals surface area contributed by atoms with Crippen molar-refractivity contribution in [1.82, 2.24) is 5.32 Å². The maximum Gasteiger partial charge on any atom is 0.336 e. The van der Waals surface area contributed by atoms with Crippen LogP contribution in [0.25, 0.3) is 11.0 Å². The Balaban J connectivity index is 1.59. The summed E-state index contributed by atoms with van der Waals surface area (Å²) in [5.74, 6) is 1.90. The molecule has 1 N–H and O–H groups in total. The maximum atomic E-state index is 12.3. The predicted octanol–water partition coefficient (Wildman–Crippen LogP) is 3.42. The number of ether oxygens (including phenoxy) is 3. The summed E-state index contributed by atoms with van der Waals surface area (Å²) in [6.45, 7) is 2.38. The van der Waals surface area contributed by atoms with E-state index < -0.39 is 5.63 Å². The van der Waals surface area contributed by atoms with Gasteiger partial charge in [0.2, 0.25) is 5.91 Å². The number of nitrogens with one attached hydrogen (secondary N) is 1. The first-order valence-electron chi connectivity index (χ1n) is 10.0. The predicted molar refractivity (Wildman–Crippen MR) is 118 cm³/mol. The summed E-state index contributed by atoms with van der Waals surface area (Å²) in [4.78, 5) is 23.9. The lowest BCUT2D eigenvalue weighted by Crippen LogP contribution is -2.25. The summed E-state index contributed by atoms with van der Waals surface area (Å²) < 4.78 is 21.2. The molecule has 0 saturated heterocycles. The van der Waals surface area contributed by atoms with Crippen LogP contribution in [0.5, 0.6) is 17.2 Å². The smallest absolute Gasteiger partial charge is 0.336 e. The number of hydrogen-bond acceptors (Lipinski definition) is 6. The van der Waals surface area contributed by atoms with Crippen LogP contribution >= 0.6 is 0 Å². The Morgan fingerprint density at radius 2 is 1.68 bits per heavy atom. The summed E-state index contributed by atoms with van der Waals surface area (Å²) in [6, 6.07) is 10.8. The minimum absolute atomic E-state index is 0.0426. The molecule has 1 amide bonds. The van der Waals surface area contributed by atoms with E-state index in [1.165, 1.54) is 6.07 Å². The van der Waals surface area contributed by atoms with Gasteiger partial charge < -0.3 is 23.9 Å². The number of rotatable bonds is 9. The van der Waals surface area contributed by atoms with Crippen molar-refractivity contribution >= 4 is 16.9 Å². The van der Waals surface area contributed by atoms with E-state index in [4.69, 9.17) is 18.6 Å². The molecule has 7 heteroatoms. The number of carbonyl (C=O) groups excluding carboxylic acids is 1. The second kappa shape index (κ2) is 10.0. The van der Waals surface area contributed by atoms with Gasteiger partial charge in [0.15, 0.2) is 11.5 Å². The number of aryl methyl sites for hydroxylation is 2. The average molecular weight is 425 g/mol. The first-order chi connectivity index (χ1) is 14.9. The van der Waals surface area contributed by atoms with Crippen LogP contribution in [0.1, 0.15) is 23.1 Å². The van der Waals surface area contributed by atoms with Crippen molar-refractivity contribution in [3.63, 3.8) is 0 Å². The molecule has 0 radical (unpaired) electrons. The zero-order chi connectivity index (χ0) is 22.4. The summed E-state index contributed by atoms with van der Waals surface area (Å²) in [6.07, 6.45) is 1.52. The van der Waals surface area contributed by atoms with Crippen molar-refractivity contribution in [3.05, 3.63) is 63.5 Å². The van der Waals surface area contributed by atoms with E-state index in [0.29, 0.717) is 48.6 Å². The van der Waals surface area contributed by atoms with Crippen LogP contribution in [-0.4, -0.2) is 33.8 Å². The monoisotopic (exact) mass is 425 g/mol. The quantitative estimate of drug-likeness (QED) is 0.529. The highest BCUT2D eigenvalue weighted by Gasteiger charge is 2.12. The lowest BCUT2D eigenvalue weighted by atomic mass is 10.0. The number of benzene rings is 2. The Morgan fingerprint density at radius 1 is 0.935 bits per heavy atom. The molecular formula is C24H27NO6. The van der Waals surface area contributed by atoms with Crippen molar-refractivity contribution in [2.24, 2.45) is 0 Å². The largest absolute Gasteiger partial charge is 0.496 e. The molecule has 0 spiro atoms. The maximum absolute atomic E-state index is 12.3. The molecule has 1 aromatic heterocycles. The van der Waals surface area contributed by atoms with Crippen LogP contribution in [0.2, 0.25) is 0 Å². The zero-order valence-electron chi connectivity index (χ0n) is 18.2. The summed E-state index contributed by atoms with van der Waals surface area (Å²) >= 11 is 0. The molecule has 0 aliphatic carbocycles. The summed E-state index contributed by atoms with van der Waals surface area (Å²) in [5.41, 5.74) is 2.85. The molecule has 3 rings (SSSR count). The van der Waals surface area contributed by atoms with E-state index in [9.17, 15) is 9.59 Å². The number of methoxy groups -OCH3 is 3. The topological polar surface area (TPSA) is 87.0 Å². The Morgan fingerprint density at radius 3 is 2.39 bits per heavy atom. The molecule has 0 unspecified atom stereocenters. The van der Waals surface area contributed by atoms with Crippen molar-refractivity contribution in [3.8, 4) is 17.2 Å². The number of carbonyl (C=O) groups is 1. The first-order valence-corrected chi connectivity index (χ1v) is 10.0. The molecule has 0 bridgehead atoms. The van der Waals surface area contributed by atoms with Crippen LogP contribution < -0.4 is 25.2 Å². The lowest BCUT2D eigenvalue weighted by Gasteiger charge is -2.12. The number of hydrogen-bond donors (Lipinski definition) is 1. The minimum Gasteiger partial charge on any atom is -0.496 e. The van der Waals surface area contributed by atoms with E-state index >= 15 is 0 Å². The van der Waals surface area contributed by atoms with Gasteiger partial charge in [-0.05, 0) is 54.7 Å². The Kier molecular flexibility index (Phi) is 7.18. The molecule has 2 aromatic carbocycles. The highest BCUT2D eigenvalue weighted by Crippen LogP contribution is 2.29. The molecule has 7 nitrogen and oxygen atoms in total. The van der Waals surface area contributed by atoms with Crippen LogP contribution in [0.4, 0.5) is 0 Å². The third-order valence-corrected chi connectivity index (χ3v) is 5.16. The Hall–Kier alpha value is -3.48. The number of amides is 1. The van der Waals surface area contributed by atoms with Crippen molar-refractivity contribution < 1.29 is 23.4 Å². The molecule has 31 heavy (non-hydrogen) atoms. The molecule has 0 aliphatic heterocycles. The molecule has 0 fully saturated rings. The van der Waals surface area contributed by atoms with E-state index in [-0.39, 0.29) is 5.91 Å². The third kappa shape index (κ3) is 5.36. The average Bonchev–Trinajstić information content (AvgIpc) is 2.77. The molecule has 3 aromatic rings. The fraction of sp³-hybridized carbons (Fsp3) is 0.333. The fourth-order valence-electron chi connectivity index (χ4n) is 3.50.